The van der Waals surface area contributed by atoms with Gasteiger partial charge in [-0.05, 0) is 43.9 Å². The van der Waals surface area contributed by atoms with E-state index < -0.39 is 5.63 Å². The molecule has 0 aliphatic rings. The van der Waals surface area contributed by atoms with Crippen molar-refractivity contribution in [3.63, 3.8) is 0 Å². The third kappa shape index (κ3) is 2.75. The predicted octanol–water partition coefficient (Wildman–Crippen LogP) is 2.80. The van der Waals surface area contributed by atoms with E-state index in [4.69, 9.17) is 9.15 Å². The molecule has 1 heterocycles. The number of hydrogen-bond acceptors (Lipinski definition) is 4. The lowest BCUT2D eigenvalue weighted by atomic mass is 10.0. The summed E-state index contributed by atoms with van der Waals surface area (Å²) < 4.78 is 10.4. The second-order valence-corrected chi connectivity index (χ2v) is 4.85. The Morgan fingerprint density at radius 3 is 2.70 bits per heavy atom. The lowest BCUT2D eigenvalue weighted by Gasteiger charge is -2.11. The summed E-state index contributed by atoms with van der Waals surface area (Å²) in [6.07, 6.45) is 2.74. The molecule has 0 saturated carbocycles. The Morgan fingerprint density at radius 2 is 2.10 bits per heavy atom. The molecule has 0 radical (unpaired) electrons. The van der Waals surface area contributed by atoms with Gasteiger partial charge in [0.15, 0.2) is 0 Å². The molecule has 0 bridgehead atoms. The van der Waals surface area contributed by atoms with Crippen LogP contribution in [0.4, 0.5) is 0 Å². The molecule has 1 aromatic heterocycles. The van der Waals surface area contributed by atoms with Gasteiger partial charge in [-0.1, -0.05) is 11.6 Å². The fourth-order valence-electron chi connectivity index (χ4n) is 2.14. The summed E-state index contributed by atoms with van der Waals surface area (Å²) in [5.74, 6) is 0.985. The minimum Gasteiger partial charge on any atom is -0.496 e. The first-order chi connectivity index (χ1) is 9.56. The Hall–Kier alpha value is -2.07. The first-order valence-electron chi connectivity index (χ1n) is 6.43. The Bertz CT molecular complexity index is 706. The Balaban J connectivity index is 2.75. The molecule has 0 unspecified atom stereocenters. The number of methoxy groups -OCH3 is 1. The summed E-state index contributed by atoms with van der Waals surface area (Å²) in [6.45, 7) is 3.74. The molecule has 4 heteroatoms. The molecule has 0 amide bonds. The van der Waals surface area contributed by atoms with Gasteiger partial charge in [-0.2, -0.15) is 0 Å². The van der Waals surface area contributed by atoms with Gasteiger partial charge in [0.2, 0.25) is 0 Å². The van der Waals surface area contributed by atoms with Gasteiger partial charge in [0, 0.05) is 5.56 Å². The number of fused-ring (bicyclic) bond motifs is 1. The van der Waals surface area contributed by atoms with Gasteiger partial charge in [0.25, 0.3) is 0 Å². The third-order valence-corrected chi connectivity index (χ3v) is 3.15. The largest absolute Gasteiger partial charge is 0.496 e. The van der Waals surface area contributed by atoms with Crippen molar-refractivity contribution in [3.8, 4) is 5.75 Å². The number of aliphatic hydroxyl groups excluding tert-OH is 1. The van der Waals surface area contributed by atoms with Crippen molar-refractivity contribution in [3.05, 3.63) is 51.6 Å². The molecule has 2 rings (SSSR count). The van der Waals surface area contributed by atoms with Crippen molar-refractivity contribution in [2.75, 3.05) is 7.11 Å². The van der Waals surface area contributed by atoms with Crippen LogP contribution in [-0.2, 0) is 13.0 Å². The summed E-state index contributed by atoms with van der Waals surface area (Å²) in [6, 6.07) is 5.16. The lowest BCUT2D eigenvalue weighted by Crippen LogP contribution is -2.04. The molecule has 20 heavy (non-hydrogen) atoms. The molecular formula is C16H18O4. The topological polar surface area (TPSA) is 59.7 Å². The van der Waals surface area contributed by atoms with Crippen LogP contribution in [0.25, 0.3) is 10.8 Å². The molecule has 4 nitrogen and oxygen atoms in total. The van der Waals surface area contributed by atoms with Crippen LogP contribution in [0.2, 0.25) is 0 Å². The highest BCUT2D eigenvalue weighted by Crippen LogP contribution is 2.28. The first-order valence-corrected chi connectivity index (χ1v) is 6.43. The van der Waals surface area contributed by atoms with Crippen molar-refractivity contribution in [2.45, 2.75) is 26.9 Å². The summed E-state index contributed by atoms with van der Waals surface area (Å²) in [4.78, 5) is 11.9. The summed E-state index contributed by atoms with van der Waals surface area (Å²) in [5.41, 5.74) is 1.68. The minimum atomic E-state index is -0.437. The Labute approximate surface area is 117 Å². The van der Waals surface area contributed by atoms with E-state index in [2.05, 4.69) is 6.08 Å². The molecule has 0 saturated heterocycles. The van der Waals surface area contributed by atoms with E-state index in [9.17, 15) is 9.90 Å². The van der Waals surface area contributed by atoms with Gasteiger partial charge in [-0.3, -0.25) is 0 Å². The van der Waals surface area contributed by atoms with Gasteiger partial charge >= 0.3 is 5.63 Å². The van der Waals surface area contributed by atoms with E-state index >= 15 is 0 Å². The minimum absolute atomic E-state index is 0.259. The van der Waals surface area contributed by atoms with Gasteiger partial charge in [0.05, 0.1) is 12.5 Å². The average molecular weight is 274 g/mol. The van der Waals surface area contributed by atoms with Crippen LogP contribution in [0.15, 0.2) is 39.1 Å². The van der Waals surface area contributed by atoms with Crippen LogP contribution < -0.4 is 10.4 Å². The van der Waals surface area contributed by atoms with Crippen LogP contribution in [0, 0.1) is 0 Å². The van der Waals surface area contributed by atoms with Crippen molar-refractivity contribution in [1.82, 2.24) is 0 Å². The molecular weight excluding hydrogens is 256 g/mol. The standard InChI is InChI=1S/C16H18O4/c1-10(2)4-5-12-14-8-11(9-17)20-16(18)13(14)6-7-15(12)19-3/h4,6-8,17H,5,9H2,1-3H3. The maximum Gasteiger partial charge on any atom is 0.343 e. The van der Waals surface area contributed by atoms with Crippen molar-refractivity contribution >= 4 is 10.8 Å². The van der Waals surface area contributed by atoms with Gasteiger partial charge in [0.1, 0.15) is 18.1 Å². The zero-order chi connectivity index (χ0) is 14.7. The second-order valence-electron chi connectivity index (χ2n) is 4.85. The molecule has 2 aromatic rings. The summed E-state index contributed by atoms with van der Waals surface area (Å²) >= 11 is 0. The molecule has 1 N–H and O–H groups in total. The lowest BCUT2D eigenvalue weighted by molar-refractivity contribution is 0.241. The molecule has 0 aliphatic carbocycles. The highest BCUT2D eigenvalue weighted by atomic mass is 16.5. The number of rotatable bonds is 4. The van der Waals surface area contributed by atoms with E-state index in [1.807, 2.05) is 13.8 Å². The Kier molecular flexibility index (Phi) is 4.25. The molecule has 1 aromatic carbocycles. The van der Waals surface area contributed by atoms with Gasteiger partial charge in [-0.15, -0.1) is 0 Å². The predicted molar refractivity (Wildman–Crippen MR) is 78.1 cm³/mol. The number of benzene rings is 1. The normalized spacial score (nSPS) is 10.6. The van der Waals surface area contributed by atoms with E-state index in [1.54, 1.807) is 25.3 Å². The van der Waals surface area contributed by atoms with Gasteiger partial charge < -0.3 is 14.3 Å². The zero-order valence-electron chi connectivity index (χ0n) is 11.9. The molecule has 0 atom stereocenters. The van der Waals surface area contributed by atoms with E-state index in [0.717, 1.165) is 16.7 Å². The van der Waals surface area contributed by atoms with Crippen molar-refractivity contribution in [1.29, 1.82) is 0 Å². The molecule has 106 valence electrons. The first kappa shape index (κ1) is 14.3. The monoisotopic (exact) mass is 274 g/mol. The third-order valence-electron chi connectivity index (χ3n) is 3.15. The van der Waals surface area contributed by atoms with E-state index in [1.165, 1.54) is 5.57 Å². The van der Waals surface area contributed by atoms with Crippen molar-refractivity contribution in [2.24, 2.45) is 0 Å². The highest BCUT2D eigenvalue weighted by Gasteiger charge is 2.12. The summed E-state index contributed by atoms with van der Waals surface area (Å²) in [5, 5.41) is 10.4. The number of ether oxygens (including phenoxy) is 1. The van der Waals surface area contributed by atoms with Crippen molar-refractivity contribution < 1.29 is 14.3 Å². The fraction of sp³-hybridized carbons (Fsp3) is 0.312. The molecule has 0 fully saturated rings. The van der Waals surface area contributed by atoms with Crippen LogP contribution in [0.3, 0.4) is 0 Å². The summed E-state index contributed by atoms with van der Waals surface area (Å²) in [7, 11) is 1.60. The molecule has 0 aliphatic heterocycles. The van der Waals surface area contributed by atoms with E-state index in [-0.39, 0.29) is 12.4 Å². The van der Waals surface area contributed by atoms with Gasteiger partial charge in [-0.25, -0.2) is 4.79 Å². The smallest absolute Gasteiger partial charge is 0.343 e. The maximum absolute atomic E-state index is 11.9. The zero-order valence-corrected chi connectivity index (χ0v) is 11.9. The quantitative estimate of drug-likeness (QED) is 0.871. The molecule has 0 spiro atoms. The SMILES string of the molecule is COc1ccc2c(=O)oc(CO)cc2c1CC=C(C)C. The fourth-order valence-corrected chi connectivity index (χ4v) is 2.14. The van der Waals surface area contributed by atoms with Crippen LogP contribution in [0.1, 0.15) is 25.2 Å². The maximum atomic E-state index is 11.9. The van der Waals surface area contributed by atoms with Crippen LogP contribution in [-0.4, -0.2) is 12.2 Å². The number of hydrogen-bond donors (Lipinski definition) is 1. The highest BCUT2D eigenvalue weighted by molar-refractivity contribution is 5.87. The second kappa shape index (κ2) is 5.92. The van der Waals surface area contributed by atoms with Crippen LogP contribution in [0.5, 0.6) is 5.75 Å². The average Bonchev–Trinajstić information content (AvgIpc) is 2.44. The Morgan fingerprint density at radius 1 is 1.35 bits per heavy atom. The van der Waals surface area contributed by atoms with E-state index in [0.29, 0.717) is 11.8 Å². The number of allylic oxidation sites excluding steroid dienone is 2. The number of aliphatic hydroxyl groups is 1. The van der Waals surface area contributed by atoms with Crippen LogP contribution >= 0.6 is 0 Å².